The Kier molecular flexibility index (Phi) is 6.10. The minimum atomic E-state index is 0.511. The average Bonchev–Trinajstić information content (AvgIpc) is 3.98. The van der Waals surface area contributed by atoms with E-state index in [9.17, 15) is 10.5 Å². The summed E-state index contributed by atoms with van der Waals surface area (Å²) < 4.78 is 17.2. The van der Waals surface area contributed by atoms with E-state index in [2.05, 4.69) is 100 Å². The van der Waals surface area contributed by atoms with Gasteiger partial charge in [-0.25, -0.2) is 0 Å². The van der Waals surface area contributed by atoms with E-state index in [1.54, 1.807) is 0 Å². The van der Waals surface area contributed by atoms with Crippen molar-refractivity contribution in [3.8, 4) is 34.6 Å². The lowest BCUT2D eigenvalue weighted by molar-refractivity contribution is 0.669. The molecule has 0 saturated carbocycles. The number of rotatable bonds is 3. The summed E-state index contributed by atoms with van der Waals surface area (Å²) in [5, 5.41) is 30.0. The molecule has 12 rings (SSSR count). The first kappa shape index (κ1) is 30.4. The van der Waals surface area contributed by atoms with E-state index in [4.69, 9.17) is 8.83 Å². The topological polar surface area (TPSA) is 83.7 Å². The fourth-order valence-electron chi connectivity index (χ4n) is 9.04. The molecule has 8 aromatic carbocycles. The Morgan fingerprint density at radius 1 is 0.339 bits per heavy atom. The summed E-state index contributed by atoms with van der Waals surface area (Å²) in [5.41, 5.74) is 11.2. The molecule has 0 aliphatic heterocycles. The first-order chi connectivity index (χ1) is 27.7. The molecule has 0 saturated heterocycles. The minimum Gasteiger partial charge on any atom is -0.456 e. The van der Waals surface area contributed by atoms with E-state index < -0.39 is 0 Å². The lowest BCUT2D eigenvalue weighted by Crippen LogP contribution is -2.05. The quantitative estimate of drug-likeness (QED) is 0.182. The predicted octanol–water partition coefficient (Wildman–Crippen LogP) is 13.1. The minimum absolute atomic E-state index is 0.511. The van der Waals surface area contributed by atoms with Crippen molar-refractivity contribution >= 4 is 87.5 Å². The van der Waals surface area contributed by atoms with Gasteiger partial charge in [0.15, 0.2) is 0 Å². The molecule has 258 valence electrons. The number of aromatic nitrogens is 2. The maximum Gasteiger partial charge on any atom is 0.137 e. The van der Waals surface area contributed by atoms with Gasteiger partial charge >= 0.3 is 0 Å². The van der Waals surface area contributed by atoms with Crippen LogP contribution < -0.4 is 0 Å². The average molecular weight is 715 g/mol. The summed E-state index contributed by atoms with van der Waals surface area (Å²) in [7, 11) is 0. The fourth-order valence-corrected chi connectivity index (χ4v) is 9.04. The molecule has 0 fully saturated rings. The van der Waals surface area contributed by atoms with E-state index in [1.165, 1.54) is 0 Å². The first-order valence-corrected chi connectivity index (χ1v) is 18.5. The smallest absolute Gasteiger partial charge is 0.137 e. The SMILES string of the molecule is N#Cc1cccc(-c2cccc(C#N)c2-n2c3ccccc3c3cc4oc5ccccc5c4cc32)c1-n1c2ccccc2c2cc3c(cc21)oc1ccccc13. The number of furan rings is 2. The second-order valence-electron chi connectivity index (χ2n) is 14.3. The van der Waals surface area contributed by atoms with E-state index in [-0.39, 0.29) is 0 Å². The van der Waals surface area contributed by atoms with Crippen molar-refractivity contribution < 1.29 is 8.83 Å². The molecule has 4 heterocycles. The van der Waals surface area contributed by atoms with Crippen molar-refractivity contribution in [3.63, 3.8) is 0 Å². The van der Waals surface area contributed by atoms with Gasteiger partial charge in [0.05, 0.1) is 44.6 Å². The van der Waals surface area contributed by atoms with Gasteiger partial charge in [-0.1, -0.05) is 97.1 Å². The molecule has 56 heavy (non-hydrogen) atoms. The lowest BCUT2D eigenvalue weighted by atomic mass is 9.95. The highest BCUT2D eigenvalue weighted by molar-refractivity contribution is 6.19. The maximum atomic E-state index is 10.9. The molecular formula is C50H26N4O2. The lowest BCUT2D eigenvalue weighted by Gasteiger charge is -2.20. The maximum absolute atomic E-state index is 10.9. The van der Waals surface area contributed by atoms with Crippen LogP contribution in [0.5, 0.6) is 0 Å². The van der Waals surface area contributed by atoms with Crippen LogP contribution in [0.3, 0.4) is 0 Å². The van der Waals surface area contributed by atoms with Crippen LogP contribution in [-0.2, 0) is 0 Å². The van der Waals surface area contributed by atoms with Gasteiger partial charge in [-0.3, -0.25) is 0 Å². The number of fused-ring (bicyclic) bond motifs is 12. The number of hydrogen-bond donors (Lipinski definition) is 0. The molecule has 0 aliphatic rings. The highest BCUT2D eigenvalue weighted by Crippen LogP contribution is 2.45. The Balaban J connectivity index is 1.22. The fraction of sp³-hybridized carbons (Fsp3) is 0. The normalized spacial score (nSPS) is 11.9. The molecule has 0 spiro atoms. The molecule has 0 radical (unpaired) electrons. The Labute approximate surface area is 318 Å². The van der Waals surface area contributed by atoms with Crippen molar-refractivity contribution in [2.24, 2.45) is 0 Å². The number of benzene rings is 8. The van der Waals surface area contributed by atoms with Gasteiger partial charge in [-0.15, -0.1) is 0 Å². The molecule has 0 N–H and O–H groups in total. The van der Waals surface area contributed by atoms with Gasteiger partial charge in [-0.2, -0.15) is 10.5 Å². The molecule has 0 bridgehead atoms. The molecule has 12 aromatic rings. The van der Waals surface area contributed by atoms with Crippen LogP contribution in [0.4, 0.5) is 0 Å². The van der Waals surface area contributed by atoms with Crippen molar-refractivity contribution in [2.75, 3.05) is 0 Å². The Morgan fingerprint density at radius 3 is 1.34 bits per heavy atom. The van der Waals surface area contributed by atoms with Crippen LogP contribution in [-0.4, -0.2) is 9.13 Å². The summed E-state index contributed by atoms with van der Waals surface area (Å²) >= 11 is 0. The Morgan fingerprint density at radius 2 is 0.786 bits per heavy atom. The van der Waals surface area contributed by atoms with Crippen molar-refractivity contribution in [1.82, 2.24) is 9.13 Å². The highest BCUT2D eigenvalue weighted by Gasteiger charge is 2.25. The van der Waals surface area contributed by atoms with Crippen molar-refractivity contribution in [1.29, 1.82) is 10.5 Å². The zero-order valence-corrected chi connectivity index (χ0v) is 29.6. The molecule has 0 unspecified atom stereocenters. The molecule has 0 amide bonds. The second-order valence-corrected chi connectivity index (χ2v) is 14.3. The number of para-hydroxylation sites is 6. The van der Waals surface area contributed by atoms with Crippen LogP contribution in [0.25, 0.3) is 110 Å². The second kappa shape index (κ2) is 11.2. The molecule has 4 aromatic heterocycles. The van der Waals surface area contributed by atoms with Crippen LogP contribution in [0.2, 0.25) is 0 Å². The summed E-state index contributed by atoms with van der Waals surface area (Å²) in [6.07, 6.45) is 0. The van der Waals surface area contributed by atoms with E-state index >= 15 is 0 Å². The van der Waals surface area contributed by atoms with Gasteiger partial charge < -0.3 is 18.0 Å². The predicted molar refractivity (Wildman–Crippen MR) is 225 cm³/mol. The summed E-state index contributed by atoms with van der Waals surface area (Å²) in [6.45, 7) is 0. The third-order valence-corrected chi connectivity index (χ3v) is 11.4. The zero-order valence-electron chi connectivity index (χ0n) is 29.6. The van der Waals surface area contributed by atoms with Gasteiger partial charge in [0.1, 0.15) is 34.5 Å². The van der Waals surface area contributed by atoms with Crippen LogP contribution >= 0.6 is 0 Å². The van der Waals surface area contributed by atoms with Crippen molar-refractivity contribution in [2.45, 2.75) is 0 Å². The monoisotopic (exact) mass is 714 g/mol. The van der Waals surface area contributed by atoms with Gasteiger partial charge in [0.2, 0.25) is 0 Å². The first-order valence-electron chi connectivity index (χ1n) is 18.5. The van der Waals surface area contributed by atoms with E-state index in [0.717, 1.165) is 110 Å². The molecule has 6 heteroatoms. The molecule has 0 atom stereocenters. The van der Waals surface area contributed by atoms with Crippen LogP contribution in [0.15, 0.2) is 167 Å². The Hall–Kier alpha value is -8.06. The van der Waals surface area contributed by atoms with Crippen LogP contribution in [0, 0.1) is 22.7 Å². The van der Waals surface area contributed by atoms with Crippen LogP contribution in [0.1, 0.15) is 11.1 Å². The van der Waals surface area contributed by atoms with E-state index in [0.29, 0.717) is 11.1 Å². The number of nitrogens with zero attached hydrogens (tertiary/aromatic N) is 4. The number of nitriles is 2. The summed E-state index contributed by atoms with van der Waals surface area (Å²) in [4.78, 5) is 0. The number of hydrogen-bond acceptors (Lipinski definition) is 4. The standard InChI is InChI=1S/C50H26N4O2/c51-27-29-11-9-17-35(49(29)53-42-20-6-2-14-32(42)38-25-47-40(24-43(38)53)34-16-4-8-22-46(34)55-47)36-18-10-12-30(28-52)50(36)54-41-19-5-1-13-31(41)37-23-39-33-15-3-7-21-45(33)56-48(39)26-44(37)54/h1-26H. The van der Waals surface area contributed by atoms with Gasteiger partial charge in [0, 0.05) is 60.3 Å². The molecular weight excluding hydrogens is 689 g/mol. The van der Waals surface area contributed by atoms with E-state index in [1.807, 2.05) is 78.9 Å². The third kappa shape index (κ3) is 4.02. The molecule has 6 nitrogen and oxygen atoms in total. The third-order valence-electron chi connectivity index (χ3n) is 11.4. The molecule has 0 aliphatic carbocycles. The van der Waals surface area contributed by atoms with Gasteiger partial charge in [-0.05, 0) is 54.6 Å². The summed E-state index contributed by atoms with van der Waals surface area (Å²) in [5.74, 6) is 0. The van der Waals surface area contributed by atoms with Gasteiger partial charge in [0.25, 0.3) is 0 Å². The highest BCUT2D eigenvalue weighted by atomic mass is 16.3. The Bertz CT molecular complexity index is 3750. The van der Waals surface area contributed by atoms with Crippen molar-refractivity contribution in [3.05, 3.63) is 169 Å². The summed E-state index contributed by atoms with van der Waals surface area (Å²) in [6, 6.07) is 58.2. The zero-order chi connectivity index (χ0) is 37.1. The largest absolute Gasteiger partial charge is 0.456 e.